The zero-order valence-corrected chi connectivity index (χ0v) is 10.1. The number of alkyl halides is 3. The zero-order chi connectivity index (χ0) is 13.9. The first-order chi connectivity index (χ1) is 8.99. The van der Waals surface area contributed by atoms with Crippen LogP contribution in [-0.4, -0.2) is 11.2 Å². The third kappa shape index (κ3) is 3.65. The molecule has 2 rings (SSSR count). The molecule has 0 aliphatic heterocycles. The Morgan fingerprint density at radius 3 is 2.68 bits per heavy atom. The van der Waals surface area contributed by atoms with Crippen LogP contribution < -0.4 is 11.3 Å². The molecule has 0 aliphatic carbocycles. The van der Waals surface area contributed by atoms with Gasteiger partial charge in [-0.3, -0.25) is 16.3 Å². The van der Waals surface area contributed by atoms with Gasteiger partial charge in [-0.1, -0.05) is 18.2 Å². The van der Waals surface area contributed by atoms with E-state index in [1.165, 1.54) is 0 Å². The van der Waals surface area contributed by atoms with Crippen LogP contribution in [-0.2, 0) is 0 Å². The average molecular weight is 269 g/mol. The van der Waals surface area contributed by atoms with E-state index in [1.807, 2.05) is 30.3 Å². The lowest BCUT2D eigenvalue weighted by Crippen LogP contribution is -2.29. The summed E-state index contributed by atoms with van der Waals surface area (Å²) in [6.07, 6.45) is -3.61. The summed E-state index contributed by atoms with van der Waals surface area (Å²) in [6.45, 7) is 0. The number of hydrogen-bond acceptors (Lipinski definition) is 3. The van der Waals surface area contributed by atoms with Gasteiger partial charge in [0, 0.05) is 24.0 Å². The molecule has 3 nitrogen and oxygen atoms in total. The minimum absolute atomic E-state index is 0.111. The molecule has 6 heteroatoms. The number of hydrazine groups is 1. The Balaban J connectivity index is 2.20. The molecule has 0 aliphatic rings. The Morgan fingerprint density at radius 2 is 2.00 bits per heavy atom. The Hall–Kier alpha value is -1.66. The van der Waals surface area contributed by atoms with Gasteiger partial charge >= 0.3 is 6.18 Å². The summed E-state index contributed by atoms with van der Waals surface area (Å²) in [5.74, 6) is 5.33. The molecular formula is C13H14F3N3. The van der Waals surface area contributed by atoms with Crippen molar-refractivity contribution in [3.8, 4) is 0 Å². The van der Waals surface area contributed by atoms with Crippen molar-refractivity contribution in [3.63, 3.8) is 0 Å². The predicted molar refractivity (Wildman–Crippen MR) is 67.1 cm³/mol. The highest BCUT2D eigenvalue weighted by Crippen LogP contribution is 2.28. The fourth-order valence-corrected chi connectivity index (χ4v) is 1.93. The van der Waals surface area contributed by atoms with Crippen LogP contribution in [0.3, 0.4) is 0 Å². The molecule has 0 fully saturated rings. The smallest absolute Gasteiger partial charge is 0.271 e. The van der Waals surface area contributed by atoms with Crippen LogP contribution in [0.25, 0.3) is 10.9 Å². The Labute approximate surface area is 108 Å². The number of fused-ring (bicyclic) bond motifs is 1. The van der Waals surface area contributed by atoms with Gasteiger partial charge in [-0.25, -0.2) is 0 Å². The van der Waals surface area contributed by atoms with Crippen molar-refractivity contribution in [3.05, 3.63) is 42.1 Å². The molecule has 0 saturated heterocycles. The van der Waals surface area contributed by atoms with Crippen molar-refractivity contribution >= 4 is 10.9 Å². The van der Waals surface area contributed by atoms with Crippen LogP contribution in [0.1, 0.15) is 24.4 Å². The molecular weight excluding hydrogens is 255 g/mol. The third-order valence-corrected chi connectivity index (χ3v) is 2.93. The third-order valence-electron chi connectivity index (χ3n) is 2.93. The summed E-state index contributed by atoms with van der Waals surface area (Å²) in [4.78, 5) is 4.22. The van der Waals surface area contributed by atoms with E-state index in [0.29, 0.717) is 5.56 Å². The van der Waals surface area contributed by atoms with E-state index in [0.717, 1.165) is 10.9 Å². The van der Waals surface area contributed by atoms with E-state index < -0.39 is 18.6 Å². The highest BCUT2D eigenvalue weighted by Gasteiger charge is 2.28. The van der Waals surface area contributed by atoms with Crippen LogP contribution in [0, 0.1) is 0 Å². The molecule has 0 bridgehead atoms. The number of para-hydroxylation sites is 1. The number of halogens is 3. The average Bonchev–Trinajstić information content (AvgIpc) is 2.38. The van der Waals surface area contributed by atoms with Gasteiger partial charge in [0.05, 0.1) is 5.52 Å². The van der Waals surface area contributed by atoms with Gasteiger partial charge in [0.2, 0.25) is 0 Å². The van der Waals surface area contributed by atoms with Crippen LogP contribution in [0.4, 0.5) is 13.2 Å². The van der Waals surface area contributed by atoms with Crippen LogP contribution in [0.15, 0.2) is 36.5 Å². The monoisotopic (exact) mass is 269 g/mol. The first-order valence-electron chi connectivity index (χ1n) is 5.87. The maximum absolute atomic E-state index is 12.2. The zero-order valence-electron chi connectivity index (χ0n) is 10.1. The Kier molecular flexibility index (Phi) is 4.01. The van der Waals surface area contributed by atoms with E-state index >= 15 is 0 Å². The summed E-state index contributed by atoms with van der Waals surface area (Å²) >= 11 is 0. The van der Waals surface area contributed by atoms with Crippen LogP contribution >= 0.6 is 0 Å². The van der Waals surface area contributed by atoms with Gasteiger partial charge in [0.25, 0.3) is 0 Å². The molecule has 3 N–H and O–H groups in total. The molecule has 1 aromatic carbocycles. The normalized spacial score (nSPS) is 13.7. The molecule has 19 heavy (non-hydrogen) atoms. The molecule has 0 radical (unpaired) electrons. The van der Waals surface area contributed by atoms with Crippen molar-refractivity contribution in [2.45, 2.75) is 25.1 Å². The number of nitrogens with one attached hydrogen (secondary N) is 1. The van der Waals surface area contributed by atoms with E-state index in [-0.39, 0.29) is 6.42 Å². The number of nitrogens with two attached hydrogens (primary N) is 1. The quantitative estimate of drug-likeness (QED) is 0.662. The van der Waals surface area contributed by atoms with Gasteiger partial charge in [0.1, 0.15) is 0 Å². The lowest BCUT2D eigenvalue weighted by Gasteiger charge is -2.17. The summed E-state index contributed by atoms with van der Waals surface area (Å²) < 4.78 is 36.7. The van der Waals surface area contributed by atoms with Gasteiger partial charge in [-0.2, -0.15) is 13.2 Å². The molecule has 0 saturated carbocycles. The number of nitrogens with zero attached hydrogens (tertiary/aromatic N) is 1. The Bertz CT molecular complexity index is 554. The van der Waals surface area contributed by atoms with Crippen molar-refractivity contribution in [2.75, 3.05) is 0 Å². The summed E-state index contributed by atoms with van der Waals surface area (Å²) in [7, 11) is 0. The second kappa shape index (κ2) is 5.54. The van der Waals surface area contributed by atoms with E-state index in [2.05, 4.69) is 10.4 Å². The van der Waals surface area contributed by atoms with Crippen LogP contribution in [0.5, 0.6) is 0 Å². The fourth-order valence-electron chi connectivity index (χ4n) is 1.93. The molecule has 1 atom stereocenters. The molecule has 1 aromatic heterocycles. The molecule has 1 unspecified atom stereocenters. The maximum atomic E-state index is 12.2. The van der Waals surface area contributed by atoms with Gasteiger partial charge in [-0.15, -0.1) is 0 Å². The minimum atomic E-state index is -4.18. The topological polar surface area (TPSA) is 50.9 Å². The standard InChI is InChI=1S/C13H14F3N3/c14-13(15,16)6-5-12(19-17)10-7-9-3-1-2-4-11(9)18-8-10/h1-4,7-8,12,19H,5-6,17H2. The number of pyridine rings is 1. The second-order valence-electron chi connectivity index (χ2n) is 4.33. The Morgan fingerprint density at radius 1 is 1.26 bits per heavy atom. The molecule has 1 heterocycles. The minimum Gasteiger partial charge on any atom is -0.271 e. The first kappa shape index (κ1) is 13.8. The molecule has 0 amide bonds. The lowest BCUT2D eigenvalue weighted by molar-refractivity contribution is -0.136. The SMILES string of the molecule is NNC(CCC(F)(F)F)c1cnc2ccccc2c1. The molecule has 2 aromatic rings. The van der Waals surface area contributed by atoms with Crippen molar-refractivity contribution in [1.82, 2.24) is 10.4 Å². The number of benzene rings is 1. The van der Waals surface area contributed by atoms with E-state index in [1.54, 1.807) is 6.20 Å². The highest BCUT2D eigenvalue weighted by atomic mass is 19.4. The first-order valence-corrected chi connectivity index (χ1v) is 5.87. The van der Waals surface area contributed by atoms with Gasteiger partial charge < -0.3 is 0 Å². The fraction of sp³-hybridized carbons (Fsp3) is 0.308. The van der Waals surface area contributed by atoms with Gasteiger partial charge in [0.15, 0.2) is 0 Å². The van der Waals surface area contributed by atoms with Crippen molar-refractivity contribution < 1.29 is 13.2 Å². The number of aromatic nitrogens is 1. The largest absolute Gasteiger partial charge is 0.389 e. The number of rotatable bonds is 4. The van der Waals surface area contributed by atoms with Crippen molar-refractivity contribution in [2.24, 2.45) is 5.84 Å². The predicted octanol–water partition coefficient (Wildman–Crippen LogP) is 3.08. The van der Waals surface area contributed by atoms with Gasteiger partial charge in [-0.05, 0) is 24.1 Å². The summed E-state index contributed by atoms with van der Waals surface area (Å²) in [5, 5.41) is 0.882. The van der Waals surface area contributed by atoms with E-state index in [4.69, 9.17) is 5.84 Å². The molecule has 102 valence electrons. The molecule has 0 spiro atoms. The van der Waals surface area contributed by atoms with E-state index in [9.17, 15) is 13.2 Å². The highest BCUT2D eigenvalue weighted by molar-refractivity contribution is 5.78. The van der Waals surface area contributed by atoms with Crippen molar-refractivity contribution in [1.29, 1.82) is 0 Å². The maximum Gasteiger partial charge on any atom is 0.389 e. The second-order valence-corrected chi connectivity index (χ2v) is 4.33. The summed E-state index contributed by atoms with van der Waals surface area (Å²) in [5.41, 5.74) is 3.88. The lowest BCUT2D eigenvalue weighted by atomic mass is 10.0. The van der Waals surface area contributed by atoms with Crippen LogP contribution in [0.2, 0.25) is 0 Å². The number of hydrogen-bond donors (Lipinski definition) is 2. The summed E-state index contributed by atoms with van der Waals surface area (Å²) in [6, 6.07) is 8.68.